The van der Waals surface area contributed by atoms with Crippen molar-refractivity contribution in [3.05, 3.63) is 77.0 Å². The summed E-state index contributed by atoms with van der Waals surface area (Å²) < 4.78 is 10.7. The van der Waals surface area contributed by atoms with E-state index in [0.29, 0.717) is 17.9 Å². The van der Waals surface area contributed by atoms with Crippen molar-refractivity contribution in [3.8, 4) is 11.5 Å². The van der Waals surface area contributed by atoms with Crippen LogP contribution in [0.5, 0.6) is 11.5 Å². The van der Waals surface area contributed by atoms with Gasteiger partial charge in [-0.15, -0.1) is 0 Å². The second kappa shape index (κ2) is 7.60. The number of rotatable bonds is 5. The predicted octanol–water partition coefficient (Wildman–Crippen LogP) is 4.29. The molecule has 2 heterocycles. The Balaban J connectivity index is 1.37. The van der Waals surface area contributed by atoms with E-state index in [2.05, 4.69) is 21.7 Å². The van der Waals surface area contributed by atoms with E-state index in [9.17, 15) is 4.79 Å². The summed E-state index contributed by atoms with van der Waals surface area (Å²) in [4.78, 5) is 16.8. The van der Waals surface area contributed by atoms with Gasteiger partial charge in [-0.3, -0.25) is 4.79 Å². The fraction of sp³-hybridized carbons (Fsp3) is 0.182. The number of fused-ring (bicyclic) bond motifs is 1. The number of ether oxygens (including phenoxy) is 2. The number of hydrogen-bond donors (Lipinski definition) is 2. The van der Waals surface area contributed by atoms with E-state index in [1.807, 2.05) is 44.2 Å². The maximum Gasteiger partial charge on any atom is 0.257 e. The van der Waals surface area contributed by atoms with Crippen molar-refractivity contribution in [3.63, 3.8) is 0 Å². The molecule has 6 heteroatoms. The molecule has 28 heavy (non-hydrogen) atoms. The average Bonchev–Trinajstić information content (AvgIpc) is 3.14. The normalized spacial score (nSPS) is 11.9. The van der Waals surface area contributed by atoms with Crippen LogP contribution in [0, 0.1) is 13.8 Å². The van der Waals surface area contributed by atoms with Crippen molar-refractivity contribution in [1.29, 1.82) is 0 Å². The molecule has 3 aromatic rings. The molecule has 142 valence electrons. The Morgan fingerprint density at radius 2 is 1.79 bits per heavy atom. The number of pyridine rings is 1. The van der Waals surface area contributed by atoms with Gasteiger partial charge in [0.2, 0.25) is 6.79 Å². The minimum atomic E-state index is -0.181. The van der Waals surface area contributed by atoms with Gasteiger partial charge in [-0.25, -0.2) is 4.98 Å². The van der Waals surface area contributed by atoms with Crippen LogP contribution in [0.25, 0.3) is 0 Å². The molecule has 4 rings (SSSR count). The molecule has 0 atom stereocenters. The topological polar surface area (TPSA) is 72.5 Å². The van der Waals surface area contributed by atoms with Crippen LogP contribution in [-0.4, -0.2) is 17.7 Å². The Morgan fingerprint density at radius 3 is 2.54 bits per heavy atom. The molecule has 1 aromatic heterocycles. The first-order valence-corrected chi connectivity index (χ1v) is 9.05. The zero-order valence-electron chi connectivity index (χ0n) is 15.8. The summed E-state index contributed by atoms with van der Waals surface area (Å²) in [5, 5.41) is 6.16. The molecule has 0 bridgehead atoms. The number of carbonyl (C=O) groups excluding carboxylic acids is 1. The molecule has 2 N–H and O–H groups in total. The summed E-state index contributed by atoms with van der Waals surface area (Å²) in [5.41, 5.74) is 4.57. The fourth-order valence-corrected chi connectivity index (χ4v) is 3.13. The monoisotopic (exact) mass is 375 g/mol. The summed E-state index contributed by atoms with van der Waals surface area (Å²) in [6, 6.07) is 15.3. The summed E-state index contributed by atoms with van der Waals surface area (Å²) in [5.74, 6) is 2.03. The van der Waals surface area contributed by atoms with E-state index < -0.39 is 0 Å². The fourth-order valence-electron chi connectivity index (χ4n) is 3.13. The van der Waals surface area contributed by atoms with Crippen molar-refractivity contribution in [1.82, 2.24) is 4.98 Å². The number of aromatic nitrogens is 1. The zero-order chi connectivity index (χ0) is 19.5. The molecule has 0 saturated carbocycles. The molecule has 0 saturated heterocycles. The van der Waals surface area contributed by atoms with Gasteiger partial charge in [0.25, 0.3) is 5.91 Å². The lowest BCUT2D eigenvalue weighted by Gasteiger charge is -2.09. The SMILES string of the molecule is Cc1cc(C)cc(NC(=O)c2ccc(NCc3ccc4c(c3)OCO4)nc2)c1. The Bertz CT molecular complexity index is 996. The van der Waals surface area contributed by atoms with E-state index in [-0.39, 0.29) is 12.7 Å². The number of aryl methyl sites for hydroxylation is 2. The van der Waals surface area contributed by atoms with E-state index >= 15 is 0 Å². The molecule has 0 radical (unpaired) electrons. The molecule has 0 aliphatic carbocycles. The van der Waals surface area contributed by atoms with Gasteiger partial charge in [-0.05, 0) is 66.9 Å². The van der Waals surface area contributed by atoms with E-state index in [0.717, 1.165) is 33.9 Å². The first-order valence-electron chi connectivity index (χ1n) is 9.05. The van der Waals surface area contributed by atoms with Crippen LogP contribution < -0.4 is 20.1 Å². The van der Waals surface area contributed by atoms with Gasteiger partial charge in [0.15, 0.2) is 11.5 Å². The number of nitrogens with one attached hydrogen (secondary N) is 2. The highest BCUT2D eigenvalue weighted by molar-refractivity contribution is 6.04. The van der Waals surface area contributed by atoms with Gasteiger partial charge < -0.3 is 20.1 Å². The number of nitrogens with zero attached hydrogens (tertiary/aromatic N) is 1. The lowest BCUT2D eigenvalue weighted by molar-refractivity contribution is 0.102. The van der Waals surface area contributed by atoms with E-state index in [4.69, 9.17) is 9.47 Å². The minimum Gasteiger partial charge on any atom is -0.454 e. The molecular formula is C22H21N3O3. The summed E-state index contributed by atoms with van der Waals surface area (Å²) in [7, 11) is 0. The van der Waals surface area contributed by atoms with Gasteiger partial charge >= 0.3 is 0 Å². The van der Waals surface area contributed by atoms with Gasteiger partial charge in [-0.1, -0.05) is 12.1 Å². The quantitative estimate of drug-likeness (QED) is 0.696. The zero-order valence-corrected chi connectivity index (χ0v) is 15.8. The smallest absolute Gasteiger partial charge is 0.257 e. The second-order valence-corrected chi connectivity index (χ2v) is 6.80. The number of carbonyl (C=O) groups is 1. The van der Waals surface area contributed by atoms with Gasteiger partial charge in [0.1, 0.15) is 5.82 Å². The standard InChI is InChI=1S/C22H21N3O3/c1-14-7-15(2)9-18(8-14)25-22(26)17-4-6-21(24-12-17)23-11-16-3-5-19-20(10-16)28-13-27-19/h3-10,12H,11,13H2,1-2H3,(H,23,24)(H,25,26). The maximum atomic E-state index is 12.4. The molecule has 6 nitrogen and oxygen atoms in total. The molecule has 1 amide bonds. The van der Waals surface area contributed by atoms with Crippen LogP contribution in [0.2, 0.25) is 0 Å². The maximum absolute atomic E-state index is 12.4. The molecule has 0 unspecified atom stereocenters. The highest BCUT2D eigenvalue weighted by Crippen LogP contribution is 2.32. The van der Waals surface area contributed by atoms with Crippen LogP contribution in [0.4, 0.5) is 11.5 Å². The molecule has 0 spiro atoms. The van der Waals surface area contributed by atoms with Gasteiger partial charge in [-0.2, -0.15) is 0 Å². The van der Waals surface area contributed by atoms with E-state index in [1.165, 1.54) is 0 Å². The predicted molar refractivity (Wildman–Crippen MR) is 108 cm³/mol. The first-order chi connectivity index (χ1) is 13.6. The second-order valence-electron chi connectivity index (χ2n) is 6.80. The largest absolute Gasteiger partial charge is 0.454 e. The Hall–Kier alpha value is -3.54. The lowest BCUT2D eigenvalue weighted by atomic mass is 10.1. The van der Waals surface area contributed by atoms with Crippen LogP contribution in [0.1, 0.15) is 27.0 Å². The van der Waals surface area contributed by atoms with Crippen molar-refractivity contribution in [2.24, 2.45) is 0 Å². The van der Waals surface area contributed by atoms with Gasteiger partial charge in [0, 0.05) is 18.4 Å². The van der Waals surface area contributed by atoms with Crippen molar-refractivity contribution >= 4 is 17.4 Å². The number of anilines is 2. The minimum absolute atomic E-state index is 0.181. The number of hydrogen-bond acceptors (Lipinski definition) is 5. The van der Waals surface area contributed by atoms with Crippen LogP contribution in [0.15, 0.2) is 54.7 Å². The first kappa shape index (κ1) is 17.9. The molecule has 1 aliphatic heterocycles. The van der Waals surface area contributed by atoms with E-state index in [1.54, 1.807) is 18.3 Å². The summed E-state index contributed by atoms with van der Waals surface area (Å²) in [6.45, 7) is 4.87. The van der Waals surface area contributed by atoms with Crippen LogP contribution in [0.3, 0.4) is 0 Å². The molecule has 2 aromatic carbocycles. The van der Waals surface area contributed by atoms with Crippen molar-refractivity contribution in [2.45, 2.75) is 20.4 Å². The third-order valence-corrected chi connectivity index (χ3v) is 4.42. The lowest BCUT2D eigenvalue weighted by Crippen LogP contribution is -2.12. The third-order valence-electron chi connectivity index (χ3n) is 4.42. The Kier molecular flexibility index (Phi) is 4.85. The Labute approximate surface area is 163 Å². The Morgan fingerprint density at radius 1 is 1.00 bits per heavy atom. The summed E-state index contributed by atoms with van der Waals surface area (Å²) >= 11 is 0. The van der Waals surface area contributed by atoms with Crippen molar-refractivity contribution < 1.29 is 14.3 Å². The number of amides is 1. The summed E-state index contributed by atoms with van der Waals surface area (Å²) in [6.07, 6.45) is 1.57. The van der Waals surface area contributed by atoms with Crippen molar-refractivity contribution in [2.75, 3.05) is 17.4 Å². The highest BCUT2D eigenvalue weighted by Gasteiger charge is 2.13. The average molecular weight is 375 g/mol. The number of benzene rings is 2. The van der Waals surface area contributed by atoms with Crippen LogP contribution >= 0.6 is 0 Å². The highest BCUT2D eigenvalue weighted by atomic mass is 16.7. The molecule has 1 aliphatic rings. The molecule has 0 fully saturated rings. The van der Waals surface area contributed by atoms with Gasteiger partial charge in [0.05, 0.1) is 5.56 Å². The molecular weight excluding hydrogens is 354 g/mol. The third kappa shape index (κ3) is 4.06. The van der Waals surface area contributed by atoms with Crippen LogP contribution in [-0.2, 0) is 6.54 Å².